The number of likely N-dealkylation sites (N-methyl/N-ethyl adjacent to an activating group) is 1. The molecule has 0 atom stereocenters. The van der Waals surface area contributed by atoms with Gasteiger partial charge in [-0.2, -0.15) is 12.6 Å². The van der Waals surface area contributed by atoms with Gasteiger partial charge in [0, 0.05) is 24.5 Å². The molecule has 0 N–H and O–H groups in total. The second-order valence-electron chi connectivity index (χ2n) is 3.48. The van der Waals surface area contributed by atoms with E-state index in [1.54, 1.807) is 0 Å². The van der Waals surface area contributed by atoms with E-state index in [1.165, 1.54) is 11.3 Å². The Morgan fingerprint density at radius 1 is 1.27 bits per heavy atom. The molecule has 0 aliphatic rings. The predicted molar refractivity (Wildman–Crippen MR) is 72.1 cm³/mol. The van der Waals surface area contributed by atoms with E-state index >= 15 is 0 Å². The van der Waals surface area contributed by atoms with E-state index in [9.17, 15) is 0 Å². The van der Waals surface area contributed by atoms with Crippen LogP contribution in [-0.4, -0.2) is 18.8 Å². The topological polar surface area (TPSA) is 3.24 Å². The monoisotopic (exact) mass is 221 g/mol. The van der Waals surface area contributed by atoms with Gasteiger partial charge in [-0.3, -0.25) is 0 Å². The lowest BCUT2D eigenvalue weighted by atomic mass is 10.2. The highest BCUT2D eigenvalue weighted by Gasteiger charge is 2.03. The molecule has 0 heterocycles. The summed E-state index contributed by atoms with van der Waals surface area (Å²) in [4.78, 5) is 2.36. The quantitative estimate of drug-likeness (QED) is 0.590. The van der Waals surface area contributed by atoms with Crippen molar-refractivity contribution >= 4 is 18.3 Å². The third kappa shape index (κ3) is 3.63. The van der Waals surface area contributed by atoms with Crippen LogP contribution in [0, 0.1) is 6.92 Å². The maximum atomic E-state index is 4.15. The van der Waals surface area contributed by atoms with Gasteiger partial charge in [0.05, 0.1) is 0 Å². The molecule has 0 saturated heterocycles. The predicted octanol–water partition coefficient (Wildman–Crippen LogP) is 3.31. The van der Waals surface area contributed by atoms with Gasteiger partial charge in [-0.25, -0.2) is 0 Å². The van der Waals surface area contributed by atoms with Crippen molar-refractivity contribution in [2.24, 2.45) is 0 Å². The molecule has 0 unspecified atom stereocenters. The van der Waals surface area contributed by atoms with E-state index in [2.05, 4.69) is 67.8 Å². The molecule has 1 aromatic rings. The number of nitrogens with zero attached hydrogens (tertiary/aromatic N) is 1. The fraction of sp³-hybridized carbons (Fsp3) is 0.385. The minimum Gasteiger partial charge on any atom is -0.368 e. The first-order chi connectivity index (χ1) is 7.29. The standard InChI is InChI=1S/C13H19NS/c1-3-14(10-6-7-11-15)13-9-5-4-8-12(13)2/h4-9,15H,3,10-11H2,1-2H3. The Morgan fingerprint density at radius 3 is 2.60 bits per heavy atom. The first-order valence-corrected chi connectivity index (χ1v) is 5.99. The van der Waals surface area contributed by atoms with Crippen LogP contribution in [0.25, 0.3) is 0 Å². The number of aryl methyl sites for hydroxylation is 1. The largest absolute Gasteiger partial charge is 0.368 e. The van der Waals surface area contributed by atoms with Gasteiger partial charge >= 0.3 is 0 Å². The van der Waals surface area contributed by atoms with Gasteiger partial charge in [-0.15, -0.1) is 0 Å². The molecule has 0 saturated carbocycles. The van der Waals surface area contributed by atoms with E-state index in [0.717, 1.165) is 18.8 Å². The molecule has 1 aromatic carbocycles. The Morgan fingerprint density at radius 2 is 2.00 bits per heavy atom. The summed E-state index contributed by atoms with van der Waals surface area (Å²) in [7, 11) is 0. The van der Waals surface area contributed by atoms with E-state index < -0.39 is 0 Å². The number of anilines is 1. The summed E-state index contributed by atoms with van der Waals surface area (Å²) in [6, 6.07) is 8.50. The smallest absolute Gasteiger partial charge is 0.0398 e. The van der Waals surface area contributed by atoms with Crippen LogP contribution in [-0.2, 0) is 0 Å². The molecule has 0 amide bonds. The molecular weight excluding hydrogens is 202 g/mol. The fourth-order valence-electron chi connectivity index (χ4n) is 1.59. The zero-order valence-corrected chi connectivity index (χ0v) is 10.4. The average Bonchev–Trinajstić information content (AvgIpc) is 2.26. The Kier molecular flexibility index (Phi) is 5.33. The summed E-state index contributed by atoms with van der Waals surface area (Å²) in [6.07, 6.45) is 4.26. The van der Waals surface area contributed by atoms with Gasteiger partial charge in [-0.05, 0) is 25.5 Å². The van der Waals surface area contributed by atoms with Crippen LogP contribution in [0.5, 0.6) is 0 Å². The van der Waals surface area contributed by atoms with Crippen molar-refractivity contribution in [2.75, 3.05) is 23.7 Å². The SMILES string of the molecule is CCN(CC=CCS)c1ccccc1C. The van der Waals surface area contributed by atoms with Crippen molar-refractivity contribution < 1.29 is 0 Å². The van der Waals surface area contributed by atoms with E-state index in [-0.39, 0.29) is 0 Å². The molecule has 0 fully saturated rings. The number of hydrogen-bond acceptors (Lipinski definition) is 2. The third-order valence-corrected chi connectivity index (χ3v) is 2.65. The van der Waals surface area contributed by atoms with Crippen molar-refractivity contribution in [3.8, 4) is 0 Å². The van der Waals surface area contributed by atoms with Crippen molar-refractivity contribution in [3.63, 3.8) is 0 Å². The summed E-state index contributed by atoms with van der Waals surface area (Å²) >= 11 is 4.15. The highest BCUT2D eigenvalue weighted by molar-refractivity contribution is 7.80. The van der Waals surface area contributed by atoms with Crippen LogP contribution in [0.3, 0.4) is 0 Å². The number of hydrogen-bond donors (Lipinski definition) is 1. The summed E-state index contributed by atoms with van der Waals surface area (Å²) in [6.45, 7) is 6.32. The Bertz CT molecular complexity index is 320. The van der Waals surface area contributed by atoms with Crippen molar-refractivity contribution in [1.29, 1.82) is 0 Å². The Balaban J connectivity index is 2.74. The fourth-order valence-corrected chi connectivity index (χ4v) is 1.74. The van der Waals surface area contributed by atoms with Crippen LogP contribution < -0.4 is 4.90 Å². The third-order valence-electron chi connectivity index (χ3n) is 2.44. The van der Waals surface area contributed by atoms with Crippen LogP contribution in [0.2, 0.25) is 0 Å². The lowest BCUT2D eigenvalue weighted by molar-refractivity contribution is 0.900. The normalized spacial score (nSPS) is 10.9. The van der Waals surface area contributed by atoms with Crippen LogP contribution in [0.15, 0.2) is 36.4 Å². The van der Waals surface area contributed by atoms with Crippen LogP contribution in [0.1, 0.15) is 12.5 Å². The molecule has 15 heavy (non-hydrogen) atoms. The van der Waals surface area contributed by atoms with Gasteiger partial charge in [-0.1, -0.05) is 30.4 Å². The highest BCUT2D eigenvalue weighted by Crippen LogP contribution is 2.18. The second-order valence-corrected chi connectivity index (χ2v) is 3.84. The molecule has 0 bridgehead atoms. The van der Waals surface area contributed by atoms with Gasteiger partial charge < -0.3 is 4.90 Å². The van der Waals surface area contributed by atoms with E-state index in [4.69, 9.17) is 0 Å². The summed E-state index contributed by atoms with van der Waals surface area (Å²) in [5, 5.41) is 0. The maximum absolute atomic E-state index is 4.15. The average molecular weight is 221 g/mol. The van der Waals surface area contributed by atoms with E-state index in [1.807, 2.05) is 0 Å². The molecule has 0 radical (unpaired) electrons. The number of thiol groups is 1. The zero-order valence-electron chi connectivity index (χ0n) is 9.48. The number of para-hydroxylation sites is 1. The molecule has 2 heteroatoms. The molecule has 1 rings (SSSR count). The summed E-state index contributed by atoms with van der Waals surface area (Å²) in [5.41, 5.74) is 2.66. The Labute approximate surface area is 98.2 Å². The molecule has 1 nitrogen and oxygen atoms in total. The molecule has 82 valence electrons. The minimum atomic E-state index is 0.811. The van der Waals surface area contributed by atoms with Crippen LogP contribution >= 0.6 is 12.6 Å². The molecule has 0 aliphatic carbocycles. The minimum absolute atomic E-state index is 0.811. The lowest BCUT2D eigenvalue weighted by Gasteiger charge is -2.23. The summed E-state index contributed by atoms with van der Waals surface area (Å²) in [5.74, 6) is 0.811. The van der Waals surface area contributed by atoms with Gasteiger partial charge in [0.15, 0.2) is 0 Å². The Hall–Kier alpha value is -0.890. The first kappa shape index (κ1) is 12.2. The lowest BCUT2D eigenvalue weighted by Crippen LogP contribution is -2.23. The second kappa shape index (κ2) is 6.57. The number of benzene rings is 1. The summed E-state index contributed by atoms with van der Waals surface area (Å²) < 4.78 is 0. The van der Waals surface area contributed by atoms with E-state index in [0.29, 0.717) is 0 Å². The van der Waals surface area contributed by atoms with Gasteiger partial charge in [0.25, 0.3) is 0 Å². The molecular formula is C13H19NS. The zero-order chi connectivity index (χ0) is 11.1. The van der Waals surface area contributed by atoms with Gasteiger partial charge in [0.1, 0.15) is 0 Å². The van der Waals surface area contributed by atoms with Crippen molar-refractivity contribution in [3.05, 3.63) is 42.0 Å². The molecule has 0 aliphatic heterocycles. The van der Waals surface area contributed by atoms with Crippen molar-refractivity contribution in [1.82, 2.24) is 0 Å². The molecule has 0 aromatic heterocycles. The number of rotatable bonds is 5. The van der Waals surface area contributed by atoms with Crippen LogP contribution in [0.4, 0.5) is 5.69 Å². The molecule has 0 spiro atoms. The van der Waals surface area contributed by atoms with Gasteiger partial charge in [0.2, 0.25) is 0 Å². The highest BCUT2D eigenvalue weighted by atomic mass is 32.1. The van der Waals surface area contributed by atoms with Crippen molar-refractivity contribution in [2.45, 2.75) is 13.8 Å². The maximum Gasteiger partial charge on any atom is 0.0398 e. The first-order valence-electron chi connectivity index (χ1n) is 5.36.